The molecule has 0 fully saturated rings. The lowest BCUT2D eigenvalue weighted by Gasteiger charge is -2.15. The first-order chi connectivity index (χ1) is 14.0. The lowest BCUT2D eigenvalue weighted by Crippen LogP contribution is -2.35. The van der Waals surface area contributed by atoms with Crippen LogP contribution in [0.25, 0.3) is 0 Å². The highest BCUT2D eigenvalue weighted by Gasteiger charge is 2.05. The second-order valence-electron chi connectivity index (χ2n) is 3.38. The fraction of sp³-hybridized carbons (Fsp3) is 0.600. The summed E-state index contributed by atoms with van der Waals surface area (Å²) in [5.74, 6) is -0.376. The van der Waals surface area contributed by atoms with Crippen LogP contribution < -0.4 is 10.1 Å². The zero-order chi connectivity index (χ0) is 25.6. The van der Waals surface area contributed by atoms with Crippen LogP contribution in [0, 0.1) is 0 Å². The molecule has 2 atom stereocenters. The highest BCUT2D eigenvalue weighted by Crippen LogP contribution is 2.12. The maximum Gasteiger partial charge on any atom is 0.119 e. The Labute approximate surface area is 134 Å². The lowest BCUT2D eigenvalue weighted by molar-refractivity contribution is 0.104. The first-order valence-electron chi connectivity index (χ1n) is 11.8. The third-order valence-corrected chi connectivity index (χ3v) is 1.79. The van der Waals surface area contributed by atoms with Gasteiger partial charge in [0.2, 0.25) is 0 Å². The van der Waals surface area contributed by atoms with Gasteiger partial charge in [-0.3, -0.25) is 0 Å². The Bertz CT molecular complexity index is 791. The largest absolute Gasteiger partial charge is 0.491 e. The Morgan fingerprint density at radius 2 is 2.21 bits per heavy atom. The van der Waals surface area contributed by atoms with Crippen LogP contribution in [0.2, 0.25) is 0 Å². The minimum Gasteiger partial charge on any atom is -0.491 e. The van der Waals surface area contributed by atoms with Gasteiger partial charge in [-0.05, 0) is 24.1 Å². The molecule has 4 heteroatoms. The van der Waals surface area contributed by atoms with Crippen molar-refractivity contribution in [2.75, 3.05) is 26.7 Å². The second-order valence-corrected chi connectivity index (χ2v) is 3.38. The van der Waals surface area contributed by atoms with E-state index in [-0.39, 0.29) is 11.3 Å². The van der Waals surface area contributed by atoms with Crippen molar-refractivity contribution in [3.8, 4) is 5.75 Å². The SMILES string of the molecule is [2H]C([2H])([2H])C([2H])(C)NC([2H])([2H])C([2H])(O)C([2H])([2H])Oc1ccc(C([2H])([2H])C([2H])([2H])OC)cc1. The predicted octanol–water partition coefficient (Wildman–Crippen LogP) is 1.61. The number of benzene rings is 1. The number of rotatable bonds is 9. The lowest BCUT2D eigenvalue weighted by atomic mass is 10.1. The van der Waals surface area contributed by atoms with Crippen LogP contribution in [0.15, 0.2) is 24.3 Å². The van der Waals surface area contributed by atoms with Gasteiger partial charge in [0.25, 0.3) is 0 Å². The van der Waals surface area contributed by atoms with E-state index in [4.69, 9.17) is 22.6 Å². The van der Waals surface area contributed by atoms with Crippen LogP contribution in [0.4, 0.5) is 0 Å². The van der Waals surface area contributed by atoms with E-state index < -0.39 is 44.9 Å². The van der Waals surface area contributed by atoms with Gasteiger partial charge in [-0.15, -0.1) is 0 Å². The van der Waals surface area contributed by atoms with Crippen molar-refractivity contribution in [1.82, 2.24) is 5.32 Å². The van der Waals surface area contributed by atoms with Crippen molar-refractivity contribution in [2.45, 2.75) is 32.2 Å². The van der Waals surface area contributed by atoms with E-state index in [9.17, 15) is 5.11 Å². The van der Waals surface area contributed by atoms with Crippen molar-refractivity contribution < 1.29 is 32.4 Å². The number of ether oxygens (including phenoxy) is 2. The van der Waals surface area contributed by atoms with E-state index in [2.05, 4.69) is 4.74 Å². The summed E-state index contributed by atoms with van der Waals surface area (Å²) in [4.78, 5) is 0. The molecule has 1 aromatic rings. The van der Waals surface area contributed by atoms with E-state index in [1.807, 2.05) is 0 Å². The molecule has 0 amide bonds. The van der Waals surface area contributed by atoms with E-state index in [1.165, 1.54) is 0 Å². The molecule has 0 saturated heterocycles. The fourth-order valence-electron chi connectivity index (χ4n) is 1.00. The molecule has 0 aliphatic carbocycles. The molecule has 0 aliphatic heterocycles. The van der Waals surface area contributed by atoms with Gasteiger partial charge in [-0.25, -0.2) is 0 Å². The molecular formula is C15H25NO3. The third-order valence-electron chi connectivity index (χ3n) is 1.79. The van der Waals surface area contributed by atoms with Crippen LogP contribution >= 0.6 is 0 Å². The van der Waals surface area contributed by atoms with Crippen molar-refractivity contribution in [3.63, 3.8) is 0 Å². The second kappa shape index (κ2) is 8.91. The molecule has 1 aromatic carbocycles. The topological polar surface area (TPSA) is 50.7 Å². The third kappa shape index (κ3) is 7.15. The van der Waals surface area contributed by atoms with E-state index in [0.29, 0.717) is 0 Å². The van der Waals surface area contributed by atoms with Gasteiger partial charge in [-0.1, -0.05) is 25.9 Å². The molecule has 1 rings (SSSR count). The smallest absolute Gasteiger partial charge is 0.119 e. The van der Waals surface area contributed by atoms with Crippen LogP contribution in [0.3, 0.4) is 0 Å². The first-order valence-corrected chi connectivity index (χ1v) is 5.32. The van der Waals surface area contributed by atoms with Crippen LogP contribution in [-0.4, -0.2) is 43.9 Å². The van der Waals surface area contributed by atoms with E-state index >= 15 is 0 Å². The van der Waals surface area contributed by atoms with Gasteiger partial charge in [-0.2, -0.15) is 0 Å². The molecular weight excluding hydrogens is 242 g/mol. The molecule has 0 bridgehead atoms. The molecule has 0 saturated carbocycles. The highest BCUT2D eigenvalue weighted by molar-refractivity contribution is 5.27. The molecule has 0 aromatic heterocycles. The fourth-order valence-corrected chi connectivity index (χ4v) is 1.00. The first kappa shape index (κ1) is 5.35. The Morgan fingerprint density at radius 1 is 1.47 bits per heavy atom. The normalized spacial score (nSPS) is 31.2. The molecule has 2 N–H and O–H groups in total. The Kier molecular flexibility index (Phi) is 2.51. The van der Waals surface area contributed by atoms with E-state index in [0.717, 1.165) is 38.3 Å². The Balaban J connectivity index is 3.18. The number of aliphatic hydroxyl groups is 1. The summed E-state index contributed by atoms with van der Waals surface area (Å²) in [6.07, 6.45) is -6.36. The van der Waals surface area contributed by atoms with Crippen molar-refractivity contribution in [1.29, 1.82) is 0 Å². The molecule has 0 heterocycles. The van der Waals surface area contributed by atoms with Crippen LogP contribution in [-0.2, 0) is 11.1 Å². The number of hydrogen-bond acceptors (Lipinski definition) is 4. The summed E-state index contributed by atoms with van der Waals surface area (Å²) in [7, 11) is 0.981. The van der Waals surface area contributed by atoms with Gasteiger partial charge in [0.05, 0.1) is 13.4 Å². The Hall–Kier alpha value is -1.10. The maximum absolute atomic E-state index is 10.3. The molecule has 4 nitrogen and oxygen atoms in total. The van der Waals surface area contributed by atoms with Gasteiger partial charge in [0, 0.05) is 30.6 Å². The Morgan fingerprint density at radius 3 is 2.84 bits per heavy atom. The van der Waals surface area contributed by atoms with Crippen molar-refractivity contribution >= 4 is 0 Å². The number of hydrogen-bond donors (Lipinski definition) is 2. The molecule has 0 spiro atoms. The molecule has 2 unspecified atom stereocenters. The summed E-state index contributed by atoms with van der Waals surface area (Å²) in [6, 6.07) is 1.43. The van der Waals surface area contributed by atoms with Crippen LogP contribution in [0.5, 0.6) is 5.75 Å². The number of nitrogens with one attached hydrogen (secondary N) is 1. The minimum absolute atomic E-state index is 0.196. The summed E-state index contributed by atoms with van der Waals surface area (Å²) in [5, 5.41) is 12.0. The van der Waals surface area contributed by atoms with Crippen molar-refractivity contribution in [3.05, 3.63) is 29.8 Å². The average molecular weight is 280 g/mol. The maximum atomic E-state index is 10.3. The standard InChI is InChI=1S/C15H25NO3/c1-12(2)16-10-14(17)11-19-15-6-4-13(5-7-15)8-9-18-3/h4-7,12,14,16-17H,8-11H2,1-3H3/i1D3,8D2,9D2,10D2,11D2,12D,14D. The minimum atomic E-state index is -3.76. The quantitative estimate of drug-likeness (QED) is 0.721. The van der Waals surface area contributed by atoms with Gasteiger partial charge in [0.1, 0.15) is 18.4 Å². The van der Waals surface area contributed by atoms with Gasteiger partial charge >= 0.3 is 0 Å². The molecule has 0 aliphatic rings. The average Bonchev–Trinajstić information content (AvgIpc) is 2.59. The van der Waals surface area contributed by atoms with Gasteiger partial charge in [0.15, 0.2) is 0 Å². The summed E-state index contributed by atoms with van der Waals surface area (Å²) in [5.41, 5.74) is -0.196. The number of methoxy groups -OCH3 is 1. The molecule has 108 valence electrons. The summed E-state index contributed by atoms with van der Waals surface area (Å²) < 4.78 is 109. The zero-order valence-electron chi connectivity index (χ0n) is 23.6. The van der Waals surface area contributed by atoms with Crippen molar-refractivity contribution in [2.24, 2.45) is 0 Å². The highest BCUT2D eigenvalue weighted by atomic mass is 16.5. The molecule has 0 radical (unpaired) electrons. The monoisotopic (exact) mass is 280 g/mol. The van der Waals surface area contributed by atoms with Gasteiger partial charge < -0.3 is 19.9 Å². The van der Waals surface area contributed by atoms with Crippen LogP contribution in [0.1, 0.15) is 37.2 Å². The summed E-state index contributed by atoms with van der Waals surface area (Å²) >= 11 is 0. The molecule has 19 heavy (non-hydrogen) atoms. The number of aryl methyl sites for hydroxylation is 1. The predicted molar refractivity (Wildman–Crippen MR) is 76.7 cm³/mol. The van der Waals surface area contributed by atoms with E-state index in [1.54, 1.807) is 5.32 Å². The zero-order valence-corrected chi connectivity index (χ0v) is 10.6. The summed E-state index contributed by atoms with van der Waals surface area (Å²) in [6.45, 7) is -12.0.